The zero-order valence-corrected chi connectivity index (χ0v) is 13.4. The van der Waals surface area contributed by atoms with Crippen LogP contribution in [0.3, 0.4) is 0 Å². The van der Waals surface area contributed by atoms with Crippen LogP contribution >= 0.6 is 11.5 Å². The standard InChI is InChI=1S/C15H16N4O3S/c1-10-14(23-18-17-10)15(21)16-6-7-19-8-11-4-2-3-5-12(11)22-9-13(19)20/h2-5H,6-9H2,1H3,(H,16,21). The Balaban J connectivity index is 1.58. The number of carbonyl (C=O) groups excluding carboxylic acids is 2. The second-order valence-corrected chi connectivity index (χ2v) is 5.91. The Hall–Kier alpha value is -2.48. The fourth-order valence-corrected chi connectivity index (χ4v) is 2.90. The van der Waals surface area contributed by atoms with Gasteiger partial charge >= 0.3 is 0 Å². The van der Waals surface area contributed by atoms with Gasteiger partial charge in [0.1, 0.15) is 10.6 Å². The number of aryl methyl sites for hydroxylation is 1. The molecular formula is C15H16N4O3S. The molecule has 1 aliphatic rings. The van der Waals surface area contributed by atoms with Gasteiger partial charge < -0.3 is 15.0 Å². The minimum Gasteiger partial charge on any atom is -0.483 e. The van der Waals surface area contributed by atoms with Crippen LogP contribution in [-0.4, -0.2) is 46.0 Å². The first-order valence-corrected chi connectivity index (χ1v) is 7.98. The predicted molar refractivity (Wildman–Crippen MR) is 84.3 cm³/mol. The molecule has 2 amide bonds. The van der Waals surface area contributed by atoms with E-state index in [1.165, 1.54) is 0 Å². The molecule has 0 fully saturated rings. The highest BCUT2D eigenvalue weighted by molar-refractivity contribution is 7.07. The summed E-state index contributed by atoms with van der Waals surface area (Å²) >= 11 is 1.06. The molecule has 1 aromatic carbocycles. The number of carbonyl (C=O) groups is 2. The fourth-order valence-electron chi connectivity index (χ4n) is 2.33. The molecule has 0 saturated carbocycles. The molecule has 1 aromatic heterocycles. The summed E-state index contributed by atoms with van der Waals surface area (Å²) in [6, 6.07) is 7.58. The van der Waals surface area contributed by atoms with Crippen molar-refractivity contribution in [3.05, 3.63) is 40.4 Å². The van der Waals surface area contributed by atoms with E-state index in [1.54, 1.807) is 11.8 Å². The first kappa shape index (κ1) is 15.4. The van der Waals surface area contributed by atoms with Crippen LogP contribution in [0.4, 0.5) is 0 Å². The topological polar surface area (TPSA) is 84.4 Å². The molecule has 1 N–H and O–H groups in total. The van der Waals surface area contributed by atoms with E-state index in [0.717, 1.165) is 22.8 Å². The SMILES string of the molecule is Cc1nnsc1C(=O)NCCN1Cc2ccccc2OCC1=O. The molecule has 0 unspecified atom stereocenters. The molecule has 0 radical (unpaired) electrons. The molecule has 0 aliphatic carbocycles. The highest BCUT2D eigenvalue weighted by Crippen LogP contribution is 2.22. The summed E-state index contributed by atoms with van der Waals surface area (Å²) < 4.78 is 9.24. The molecule has 0 spiro atoms. The summed E-state index contributed by atoms with van der Waals surface area (Å²) in [7, 11) is 0. The van der Waals surface area contributed by atoms with Crippen LogP contribution in [0.15, 0.2) is 24.3 Å². The summed E-state index contributed by atoms with van der Waals surface area (Å²) in [5.74, 6) is 0.432. The van der Waals surface area contributed by atoms with E-state index >= 15 is 0 Å². The molecule has 1 aliphatic heterocycles. The summed E-state index contributed by atoms with van der Waals surface area (Å²) in [4.78, 5) is 26.3. The highest BCUT2D eigenvalue weighted by Gasteiger charge is 2.21. The number of hydrogen-bond donors (Lipinski definition) is 1. The molecule has 8 heteroatoms. The molecule has 0 bridgehead atoms. The van der Waals surface area contributed by atoms with E-state index in [0.29, 0.717) is 30.2 Å². The van der Waals surface area contributed by atoms with Crippen LogP contribution < -0.4 is 10.1 Å². The zero-order chi connectivity index (χ0) is 16.2. The van der Waals surface area contributed by atoms with Crippen LogP contribution in [0, 0.1) is 6.92 Å². The van der Waals surface area contributed by atoms with E-state index in [4.69, 9.17) is 4.74 Å². The Morgan fingerprint density at radius 3 is 3.04 bits per heavy atom. The van der Waals surface area contributed by atoms with Crippen molar-refractivity contribution >= 4 is 23.3 Å². The van der Waals surface area contributed by atoms with Gasteiger partial charge in [-0.1, -0.05) is 22.7 Å². The van der Waals surface area contributed by atoms with Crippen molar-refractivity contribution < 1.29 is 14.3 Å². The lowest BCUT2D eigenvalue weighted by Crippen LogP contribution is -2.39. The van der Waals surface area contributed by atoms with E-state index < -0.39 is 0 Å². The number of ether oxygens (including phenoxy) is 1. The lowest BCUT2D eigenvalue weighted by molar-refractivity contribution is -0.133. The van der Waals surface area contributed by atoms with Crippen LogP contribution in [0.1, 0.15) is 20.9 Å². The summed E-state index contributed by atoms with van der Waals surface area (Å²) in [5.41, 5.74) is 1.58. The number of para-hydroxylation sites is 1. The number of hydrogen-bond acceptors (Lipinski definition) is 6. The Morgan fingerprint density at radius 2 is 2.26 bits per heavy atom. The van der Waals surface area contributed by atoms with Crippen molar-refractivity contribution in [1.82, 2.24) is 19.8 Å². The predicted octanol–water partition coefficient (Wildman–Crippen LogP) is 0.998. The van der Waals surface area contributed by atoms with Gasteiger partial charge in [0.15, 0.2) is 6.61 Å². The maximum atomic E-state index is 12.1. The third-order valence-corrected chi connectivity index (χ3v) is 4.39. The Kier molecular flexibility index (Phi) is 4.52. The minimum absolute atomic E-state index is 0.0167. The van der Waals surface area contributed by atoms with Crippen molar-refractivity contribution in [3.63, 3.8) is 0 Å². The molecule has 2 aromatic rings. The summed E-state index contributed by atoms with van der Waals surface area (Å²) in [5, 5.41) is 6.61. The van der Waals surface area contributed by atoms with Crippen molar-refractivity contribution in [2.24, 2.45) is 0 Å². The van der Waals surface area contributed by atoms with E-state index in [2.05, 4.69) is 14.9 Å². The number of amides is 2. The van der Waals surface area contributed by atoms with Gasteiger partial charge in [0.2, 0.25) is 0 Å². The lowest BCUT2D eigenvalue weighted by Gasteiger charge is -2.20. The van der Waals surface area contributed by atoms with E-state index in [1.807, 2.05) is 24.3 Å². The fraction of sp³-hybridized carbons (Fsp3) is 0.333. The summed E-state index contributed by atoms with van der Waals surface area (Å²) in [6.07, 6.45) is 0. The normalized spacial score (nSPS) is 14.0. The molecular weight excluding hydrogens is 316 g/mol. The van der Waals surface area contributed by atoms with Gasteiger partial charge in [-0.15, -0.1) is 5.10 Å². The first-order chi connectivity index (χ1) is 11.1. The second-order valence-electron chi connectivity index (χ2n) is 5.16. The van der Waals surface area contributed by atoms with Gasteiger partial charge in [-0.2, -0.15) is 0 Å². The third-order valence-electron chi connectivity index (χ3n) is 3.56. The van der Waals surface area contributed by atoms with Gasteiger partial charge in [0.05, 0.1) is 5.69 Å². The number of rotatable bonds is 4. The van der Waals surface area contributed by atoms with E-state index in [-0.39, 0.29) is 18.4 Å². The maximum absolute atomic E-state index is 12.1. The second kappa shape index (κ2) is 6.74. The Bertz CT molecular complexity index is 731. The van der Waals surface area contributed by atoms with Gasteiger partial charge in [-0.3, -0.25) is 9.59 Å². The molecule has 7 nitrogen and oxygen atoms in total. The largest absolute Gasteiger partial charge is 0.483 e. The average Bonchev–Trinajstić information content (AvgIpc) is 2.91. The molecule has 0 saturated heterocycles. The number of benzene rings is 1. The van der Waals surface area contributed by atoms with Crippen molar-refractivity contribution in [1.29, 1.82) is 0 Å². The monoisotopic (exact) mass is 332 g/mol. The van der Waals surface area contributed by atoms with Crippen LogP contribution in [0.25, 0.3) is 0 Å². The highest BCUT2D eigenvalue weighted by atomic mass is 32.1. The van der Waals surface area contributed by atoms with Crippen molar-refractivity contribution in [2.75, 3.05) is 19.7 Å². The lowest BCUT2D eigenvalue weighted by atomic mass is 10.2. The number of nitrogens with zero attached hydrogens (tertiary/aromatic N) is 3. The zero-order valence-electron chi connectivity index (χ0n) is 12.6. The molecule has 3 rings (SSSR count). The number of nitrogens with one attached hydrogen (secondary N) is 1. The third kappa shape index (κ3) is 3.48. The Morgan fingerprint density at radius 1 is 1.43 bits per heavy atom. The van der Waals surface area contributed by atoms with Gasteiger partial charge in [-0.25, -0.2) is 0 Å². The van der Waals surface area contributed by atoms with Crippen LogP contribution in [-0.2, 0) is 11.3 Å². The maximum Gasteiger partial charge on any atom is 0.265 e. The van der Waals surface area contributed by atoms with Crippen LogP contribution in [0.2, 0.25) is 0 Å². The molecule has 0 atom stereocenters. The molecule has 120 valence electrons. The average molecular weight is 332 g/mol. The van der Waals surface area contributed by atoms with E-state index in [9.17, 15) is 9.59 Å². The molecule has 2 heterocycles. The van der Waals surface area contributed by atoms with Gasteiger partial charge in [-0.05, 0) is 24.5 Å². The first-order valence-electron chi connectivity index (χ1n) is 7.21. The van der Waals surface area contributed by atoms with Gasteiger partial charge in [0, 0.05) is 25.2 Å². The smallest absolute Gasteiger partial charge is 0.265 e. The number of fused-ring (bicyclic) bond motifs is 1. The summed E-state index contributed by atoms with van der Waals surface area (Å²) in [6.45, 7) is 3.03. The Labute approximate surface area is 137 Å². The van der Waals surface area contributed by atoms with Crippen LogP contribution in [0.5, 0.6) is 5.75 Å². The van der Waals surface area contributed by atoms with Gasteiger partial charge in [0.25, 0.3) is 11.8 Å². The quantitative estimate of drug-likeness (QED) is 0.903. The van der Waals surface area contributed by atoms with Crippen molar-refractivity contribution in [2.45, 2.75) is 13.5 Å². The number of aromatic nitrogens is 2. The molecule has 23 heavy (non-hydrogen) atoms. The minimum atomic E-state index is -0.212. The van der Waals surface area contributed by atoms with Crippen molar-refractivity contribution in [3.8, 4) is 5.75 Å².